The van der Waals surface area contributed by atoms with Crippen LogP contribution in [0.3, 0.4) is 0 Å². The van der Waals surface area contributed by atoms with Crippen molar-refractivity contribution in [1.82, 2.24) is 0 Å². The molecule has 0 aliphatic heterocycles. The molecule has 1 amide bonds. The van der Waals surface area contributed by atoms with Gasteiger partial charge in [0.25, 0.3) is 5.91 Å². The van der Waals surface area contributed by atoms with E-state index in [1.54, 1.807) is 0 Å². The van der Waals surface area contributed by atoms with Gasteiger partial charge in [0, 0.05) is 5.02 Å². The lowest BCUT2D eigenvalue weighted by molar-refractivity contribution is -0.119. The van der Waals surface area contributed by atoms with E-state index in [9.17, 15) is 22.8 Å². The van der Waals surface area contributed by atoms with Gasteiger partial charge >= 0.3 is 12.6 Å². The van der Waals surface area contributed by atoms with Crippen molar-refractivity contribution in [2.75, 3.05) is 11.9 Å². The van der Waals surface area contributed by atoms with Crippen LogP contribution in [0.5, 0.6) is 5.75 Å². The second-order valence-electron chi connectivity index (χ2n) is 4.62. The largest absolute Gasteiger partial charge is 0.452 e. The average molecular weight is 374 g/mol. The van der Waals surface area contributed by atoms with E-state index >= 15 is 0 Å². The maximum absolute atomic E-state index is 13.5. The van der Waals surface area contributed by atoms with Gasteiger partial charge in [0.15, 0.2) is 6.61 Å². The summed E-state index contributed by atoms with van der Waals surface area (Å²) in [4.78, 5) is 23.6. The number of hydrogen-bond donors (Lipinski definition) is 1. The first-order chi connectivity index (χ1) is 11.9. The summed E-state index contributed by atoms with van der Waals surface area (Å²) < 4.78 is 47.0. The molecule has 0 fully saturated rings. The molecule has 5 nitrogen and oxygen atoms in total. The Balaban J connectivity index is 1.98. The van der Waals surface area contributed by atoms with Crippen LogP contribution in [-0.4, -0.2) is 25.1 Å². The lowest BCUT2D eigenvalue weighted by Gasteiger charge is -2.11. The maximum atomic E-state index is 13.5. The first-order valence-corrected chi connectivity index (χ1v) is 7.20. The van der Waals surface area contributed by atoms with E-state index in [2.05, 4.69) is 10.1 Å². The third kappa shape index (κ3) is 5.39. The number of anilines is 1. The van der Waals surface area contributed by atoms with Crippen LogP contribution in [0.15, 0.2) is 42.5 Å². The summed E-state index contributed by atoms with van der Waals surface area (Å²) in [5, 5.41) is 2.38. The minimum atomic E-state index is -3.12. The molecule has 2 aromatic carbocycles. The van der Waals surface area contributed by atoms with Gasteiger partial charge in [0.2, 0.25) is 0 Å². The molecule has 2 rings (SSSR count). The molecule has 2 aromatic rings. The molecule has 0 radical (unpaired) electrons. The summed E-state index contributed by atoms with van der Waals surface area (Å²) in [5.74, 6) is -2.98. The number of ether oxygens (including phenoxy) is 2. The molecular formula is C16H11ClF3NO4. The fourth-order valence-electron chi connectivity index (χ4n) is 1.82. The molecule has 0 saturated carbocycles. The van der Waals surface area contributed by atoms with Crippen molar-refractivity contribution < 1.29 is 32.2 Å². The molecule has 0 heterocycles. The number of benzene rings is 2. The Morgan fingerprint density at radius 2 is 1.88 bits per heavy atom. The summed E-state index contributed by atoms with van der Waals surface area (Å²) in [7, 11) is 0. The van der Waals surface area contributed by atoms with Gasteiger partial charge < -0.3 is 14.8 Å². The highest BCUT2D eigenvalue weighted by Crippen LogP contribution is 2.22. The minimum Gasteiger partial charge on any atom is -0.452 e. The van der Waals surface area contributed by atoms with Crippen molar-refractivity contribution in [1.29, 1.82) is 0 Å². The molecular weight excluding hydrogens is 363 g/mol. The second kappa shape index (κ2) is 8.39. The Bertz CT molecular complexity index is 786. The minimum absolute atomic E-state index is 0.185. The third-order valence-corrected chi connectivity index (χ3v) is 3.09. The second-order valence-corrected chi connectivity index (χ2v) is 5.06. The van der Waals surface area contributed by atoms with Crippen LogP contribution in [0.2, 0.25) is 5.02 Å². The number of rotatable bonds is 6. The molecule has 0 aromatic heterocycles. The highest BCUT2D eigenvalue weighted by atomic mass is 35.5. The van der Waals surface area contributed by atoms with Crippen LogP contribution in [0.1, 0.15) is 10.4 Å². The fourth-order valence-corrected chi connectivity index (χ4v) is 1.99. The standard InChI is InChI=1S/C16H11ClF3NO4/c17-9-5-6-11(18)12(7-9)21-14(22)8-24-15(23)10-3-1-2-4-13(10)25-16(19)20/h1-7,16H,8H2,(H,21,22). The predicted molar refractivity (Wildman–Crippen MR) is 83.4 cm³/mol. The molecule has 0 aliphatic rings. The summed E-state index contributed by atoms with van der Waals surface area (Å²) in [6, 6.07) is 8.70. The number of halogens is 4. The van der Waals surface area contributed by atoms with Gasteiger partial charge in [0.1, 0.15) is 17.1 Å². The lowest BCUT2D eigenvalue weighted by atomic mass is 10.2. The highest BCUT2D eigenvalue weighted by Gasteiger charge is 2.18. The van der Waals surface area contributed by atoms with Gasteiger partial charge in [-0.15, -0.1) is 0 Å². The van der Waals surface area contributed by atoms with Crippen molar-refractivity contribution >= 4 is 29.2 Å². The molecule has 0 aliphatic carbocycles. The van der Waals surface area contributed by atoms with Gasteiger partial charge in [-0.3, -0.25) is 4.79 Å². The van der Waals surface area contributed by atoms with E-state index in [0.29, 0.717) is 0 Å². The molecule has 0 saturated heterocycles. The molecule has 0 bridgehead atoms. The topological polar surface area (TPSA) is 64.6 Å². The molecule has 132 valence electrons. The van der Waals surface area contributed by atoms with E-state index in [0.717, 1.165) is 12.1 Å². The molecule has 0 unspecified atom stereocenters. The SMILES string of the molecule is O=C(COC(=O)c1ccccc1OC(F)F)Nc1cc(Cl)ccc1F. The summed E-state index contributed by atoms with van der Waals surface area (Å²) in [5.41, 5.74) is -0.459. The average Bonchev–Trinajstić information content (AvgIpc) is 2.56. The quantitative estimate of drug-likeness (QED) is 0.780. The number of esters is 1. The van der Waals surface area contributed by atoms with Crippen LogP contribution in [0, 0.1) is 5.82 Å². The van der Waals surface area contributed by atoms with Crippen LogP contribution in [-0.2, 0) is 9.53 Å². The summed E-state index contributed by atoms with van der Waals surface area (Å²) in [6.07, 6.45) is 0. The zero-order valence-electron chi connectivity index (χ0n) is 12.5. The van der Waals surface area contributed by atoms with E-state index < -0.39 is 30.9 Å². The Labute approximate surface area is 145 Å². The van der Waals surface area contributed by atoms with Crippen LogP contribution < -0.4 is 10.1 Å². The van der Waals surface area contributed by atoms with Crippen molar-refractivity contribution in [3.63, 3.8) is 0 Å². The van der Waals surface area contributed by atoms with E-state index in [4.69, 9.17) is 16.3 Å². The maximum Gasteiger partial charge on any atom is 0.387 e. The number of nitrogens with one attached hydrogen (secondary N) is 1. The van der Waals surface area contributed by atoms with E-state index in [1.165, 1.54) is 30.3 Å². The highest BCUT2D eigenvalue weighted by molar-refractivity contribution is 6.30. The normalized spacial score (nSPS) is 10.4. The number of amides is 1. The van der Waals surface area contributed by atoms with Gasteiger partial charge in [-0.05, 0) is 30.3 Å². The van der Waals surface area contributed by atoms with Crippen LogP contribution >= 0.6 is 11.6 Å². The Morgan fingerprint density at radius 1 is 1.16 bits per heavy atom. The summed E-state index contributed by atoms with van der Waals surface area (Å²) >= 11 is 5.69. The summed E-state index contributed by atoms with van der Waals surface area (Å²) in [6.45, 7) is -3.88. The predicted octanol–water partition coefficient (Wildman–Crippen LogP) is 3.88. The van der Waals surface area contributed by atoms with Gasteiger partial charge in [0.05, 0.1) is 5.69 Å². The molecule has 1 N–H and O–H groups in total. The molecule has 0 spiro atoms. The Morgan fingerprint density at radius 3 is 2.60 bits per heavy atom. The Hall–Kier alpha value is -2.74. The van der Waals surface area contributed by atoms with E-state index in [1.807, 2.05) is 0 Å². The van der Waals surface area contributed by atoms with E-state index in [-0.39, 0.29) is 22.0 Å². The number of alkyl halides is 2. The first-order valence-electron chi connectivity index (χ1n) is 6.82. The molecule has 25 heavy (non-hydrogen) atoms. The van der Waals surface area contributed by atoms with Crippen molar-refractivity contribution in [3.8, 4) is 5.75 Å². The van der Waals surface area contributed by atoms with Crippen LogP contribution in [0.25, 0.3) is 0 Å². The zero-order valence-corrected chi connectivity index (χ0v) is 13.2. The number of hydrogen-bond acceptors (Lipinski definition) is 4. The van der Waals surface area contributed by atoms with Gasteiger partial charge in [-0.25, -0.2) is 9.18 Å². The molecule has 9 heteroatoms. The molecule has 0 atom stereocenters. The zero-order chi connectivity index (χ0) is 18.4. The van der Waals surface area contributed by atoms with Crippen LogP contribution in [0.4, 0.5) is 18.9 Å². The monoisotopic (exact) mass is 373 g/mol. The van der Waals surface area contributed by atoms with Crippen molar-refractivity contribution in [2.24, 2.45) is 0 Å². The van der Waals surface area contributed by atoms with Gasteiger partial charge in [-0.1, -0.05) is 23.7 Å². The number of carbonyl (C=O) groups is 2. The Kier molecular flexibility index (Phi) is 6.24. The smallest absolute Gasteiger partial charge is 0.387 e. The third-order valence-electron chi connectivity index (χ3n) is 2.86. The fraction of sp³-hybridized carbons (Fsp3) is 0.125. The number of carbonyl (C=O) groups excluding carboxylic acids is 2. The first kappa shape index (κ1) is 18.6. The van der Waals surface area contributed by atoms with Gasteiger partial charge in [-0.2, -0.15) is 8.78 Å². The van der Waals surface area contributed by atoms with Crippen molar-refractivity contribution in [3.05, 3.63) is 58.9 Å². The van der Waals surface area contributed by atoms with Crippen molar-refractivity contribution in [2.45, 2.75) is 6.61 Å². The lowest BCUT2D eigenvalue weighted by Crippen LogP contribution is -2.22. The number of para-hydroxylation sites is 1.